The van der Waals surface area contributed by atoms with Gasteiger partial charge in [0.2, 0.25) is 0 Å². The van der Waals surface area contributed by atoms with Crippen molar-refractivity contribution < 1.29 is 15.1 Å². The summed E-state index contributed by atoms with van der Waals surface area (Å²) in [5.74, 6) is 0. The van der Waals surface area contributed by atoms with Crippen LogP contribution < -0.4 is 0 Å². The van der Waals surface area contributed by atoms with Crippen molar-refractivity contribution in [3.05, 3.63) is 41.4 Å². The lowest BCUT2D eigenvalue weighted by molar-refractivity contribution is 0.278. The lowest BCUT2D eigenvalue weighted by atomic mass is 10.2. The molecule has 0 unspecified atom stereocenters. The minimum absolute atomic E-state index is 0.764. The number of hydrogen-bond acceptors (Lipinski definition) is 3. The average Bonchev–Trinajstić information content (AvgIpc) is 2.05. The molecule has 0 aromatic heterocycles. The maximum absolute atomic E-state index is 7.17. The van der Waals surface area contributed by atoms with Crippen LogP contribution in [0.2, 0.25) is 5.02 Å². The summed E-state index contributed by atoms with van der Waals surface area (Å²) in [7, 11) is -2.17. The van der Waals surface area contributed by atoms with Crippen LogP contribution in [0.4, 0.5) is 0 Å². The van der Waals surface area contributed by atoms with Gasteiger partial charge in [0.1, 0.15) is 0 Å². The SMILES string of the molecule is C=Cc1ccc(Cl)cc1.OB(O)O. The predicted octanol–water partition coefficient (Wildman–Crippen LogP) is 0.931. The lowest BCUT2D eigenvalue weighted by Crippen LogP contribution is -2.07. The smallest absolute Gasteiger partial charge is 0.402 e. The molecule has 0 spiro atoms. The molecule has 0 aliphatic carbocycles. The molecule has 0 amide bonds. The molecule has 0 aliphatic rings. The van der Waals surface area contributed by atoms with E-state index < -0.39 is 7.32 Å². The van der Waals surface area contributed by atoms with Crippen molar-refractivity contribution in [2.75, 3.05) is 0 Å². The van der Waals surface area contributed by atoms with E-state index in [2.05, 4.69) is 6.58 Å². The molecule has 0 heterocycles. The van der Waals surface area contributed by atoms with E-state index in [1.807, 2.05) is 24.3 Å². The highest BCUT2D eigenvalue weighted by Gasteiger charge is 1.92. The van der Waals surface area contributed by atoms with E-state index in [4.69, 9.17) is 26.7 Å². The van der Waals surface area contributed by atoms with E-state index in [-0.39, 0.29) is 0 Å². The lowest BCUT2D eigenvalue weighted by Gasteiger charge is -1.89. The van der Waals surface area contributed by atoms with Crippen molar-refractivity contribution in [2.24, 2.45) is 0 Å². The van der Waals surface area contributed by atoms with Crippen molar-refractivity contribution in [1.82, 2.24) is 0 Å². The normalized spacial score (nSPS) is 8.31. The number of hydrogen-bond donors (Lipinski definition) is 3. The Morgan fingerprint density at radius 2 is 1.54 bits per heavy atom. The zero-order valence-corrected chi connectivity index (χ0v) is 7.65. The molecule has 1 rings (SSSR count). The van der Waals surface area contributed by atoms with Gasteiger partial charge in [0, 0.05) is 5.02 Å². The van der Waals surface area contributed by atoms with Gasteiger partial charge in [-0.2, -0.15) is 0 Å². The summed E-state index contributed by atoms with van der Waals surface area (Å²) < 4.78 is 0. The summed E-state index contributed by atoms with van der Waals surface area (Å²) in [6.07, 6.45) is 1.79. The second-order valence-electron chi connectivity index (χ2n) is 2.10. The number of benzene rings is 1. The molecular weight excluding hydrogens is 190 g/mol. The van der Waals surface area contributed by atoms with Crippen LogP contribution in [-0.2, 0) is 0 Å². The molecule has 0 aliphatic heterocycles. The first-order chi connectivity index (χ1) is 6.06. The van der Waals surface area contributed by atoms with Crippen molar-refractivity contribution in [2.45, 2.75) is 0 Å². The van der Waals surface area contributed by atoms with Crippen LogP contribution in [0.25, 0.3) is 6.08 Å². The maximum Gasteiger partial charge on any atom is 0.631 e. The molecule has 3 N–H and O–H groups in total. The molecule has 0 saturated carbocycles. The fourth-order valence-electron chi connectivity index (χ4n) is 0.599. The monoisotopic (exact) mass is 200 g/mol. The quantitative estimate of drug-likeness (QED) is 0.591. The zero-order chi connectivity index (χ0) is 10.3. The Morgan fingerprint density at radius 3 is 1.85 bits per heavy atom. The van der Waals surface area contributed by atoms with Gasteiger partial charge in [-0.3, -0.25) is 0 Å². The summed E-state index contributed by atoms with van der Waals surface area (Å²) >= 11 is 5.63. The van der Waals surface area contributed by atoms with Crippen molar-refractivity contribution in [3.63, 3.8) is 0 Å². The van der Waals surface area contributed by atoms with Crippen molar-refractivity contribution in [3.8, 4) is 0 Å². The van der Waals surface area contributed by atoms with Gasteiger partial charge in [0.25, 0.3) is 0 Å². The minimum Gasteiger partial charge on any atom is -0.402 e. The Morgan fingerprint density at radius 1 is 1.15 bits per heavy atom. The highest BCUT2D eigenvalue weighted by molar-refractivity contribution is 6.30. The second-order valence-corrected chi connectivity index (χ2v) is 2.54. The van der Waals surface area contributed by atoms with E-state index in [9.17, 15) is 0 Å². The summed E-state index contributed by atoms with van der Waals surface area (Å²) in [5, 5.41) is 22.3. The topological polar surface area (TPSA) is 60.7 Å². The molecule has 0 saturated heterocycles. The van der Waals surface area contributed by atoms with E-state index in [0.717, 1.165) is 10.6 Å². The van der Waals surface area contributed by atoms with Crippen LogP contribution in [0.5, 0.6) is 0 Å². The van der Waals surface area contributed by atoms with Crippen LogP contribution in [-0.4, -0.2) is 22.4 Å². The largest absolute Gasteiger partial charge is 0.631 e. The van der Waals surface area contributed by atoms with Gasteiger partial charge in [-0.1, -0.05) is 36.4 Å². The van der Waals surface area contributed by atoms with Crippen molar-refractivity contribution in [1.29, 1.82) is 0 Å². The number of rotatable bonds is 1. The van der Waals surface area contributed by atoms with Crippen LogP contribution in [0, 0.1) is 0 Å². The molecular formula is C8H10BClO3. The van der Waals surface area contributed by atoms with Gasteiger partial charge in [-0.05, 0) is 17.7 Å². The third-order valence-corrected chi connectivity index (χ3v) is 1.36. The molecule has 0 bridgehead atoms. The van der Waals surface area contributed by atoms with Gasteiger partial charge >= 0.3 is 7.32 Å². The third kappa shape index (κ3) is 7.55. The third-order valence-electron chi connectivity index (χ3n) is 1.11. The first kappa shape index (κ1) is 12.2. The van der Waals surface area contributed by atoms with Crippen LogP contribution >= 0.6 is 11.6 Å². The molecule has 5 heteroatoms. The fourth-order valence-corrected chi connectivity index (χ4v) is 0.725. The minimum atomic E-state index is -2.17. The molecule has 0 radical (unpaired) electrons. The predicted molar refractivity (Wildman–Crippen MR) is 54.0 cm³/mol. The van der Waals surface area contributed by atoms with Crippen molar-refractivity contribution >= 4 is 25.0 Å². The molecule has 0 fully saturated rings. The first-order valence-electron chi connectivity index (χ1n) is 3.48. The van der Waals surface area contributed by atoms with E-state index in [1.54, 1.807) is 6.08 Å². The highest BCUT2D eigenvalue weighted by Crippen LogP contribution is 2.09. The Hall–Kier alpha value is -0.805. The average molecular weight is 200 g/mol. The van der Waals surface area contributed by atoms with Crippen LogP contribution in [0.15, 0.2) is 30.8 Å². The Balaban J connectivity index is 0.000000310. The second kappa shape index (κ2) is 6.68. The van der Waals surface area contributed by atoms with E-state index >= 15 is 0 Å². The molecule has 1 aromatic carbocycles. The Bertz CT molecular complexity index is 245. The molecule has 13 heavy (non-hydrogen) atoms. The van der Waals surface area contributed by atoms with Gasteiger partial charge in [-0.25, -0.2) is 0 Å². The highest BCUT2D eigenvalue weighted by atomic mass is 35.5. The van der Waals surface area contributed by atoms with Crippen LogP contribution in [0.1, 0.15) is 5.56 Å². The van der Waals surface area contributed by atoms with Gasteiger partial charge < -0.3 is 15.1 Å². The Kier molecular flexibility index (Phi) is 6.27. The zero-order valence-electron chi connectivity index (χ0n) is 6.89. The Labute approximate surface area is 82.1 Å². The standard InChI is InChI=1S/C8H7Cl.BH3O3/c1-2-7-3-5-8(9)6-4-7;2-1(3)4/h2-6H,1H2;2-4H. The molecule has 0 atom stereocenters. The summed E-state index contributed by atoms with van der Waals surface area (Å²) in [6, 6.07) is 7.54. The fraction of sp³-hybridized carbons (Fsp3) is 0. The van der Waals surface area contributed by atoms with E-state index in [0.29, 0.717) is 0 Å². The maximum atomic E-state index is 7.17. The van der Waals surface area contributed by atoms with Gasteiger partial charge in [0.05, 0.1) is 0 Å². The molecule has 1 aromatic rings. The summed E-state index contributed by atoms with van der Waals surface area (Å²) in [5.41, 5.74) is 1.10. The first-order valence-corrected chi connectivity index (χ1v) is 3.86. The van der Waals surface area contributed by atoms with E-state index in [1.165, 1.54) is 0 Å². The molecule has 70 valence electrons. The molecule has 3 nitrogen and oxygen atoms in total. The summed E-state index contributed by atoms with van der Waals surface area (Å²) in [6.45, 7) is 3.62. The van der Waals surface area contributed by atoms with Gasteiger partial charge in [0.15, 0.2) is 0 Å². The summed E-state index contributed by atoms with van der Waals surface area (Å²) in [4.78, 5) is 0. The van der Waals surface area contributed by atoms with Crippen LogP contribution in [0.3, 0.4) is 0 Å². The number of halogens is 1. The van der Waals surface area contributed by atoms with Gasteiger partial charge in [-0.15, -0.1) is 0 Å².